The van der Waals surface area contributed by atoms with Gasteiger partial charge >= 0.3 is 5.97 Å². The Hall–Kier alpha value is -1.64. The van der Waals surface area contributed by atoms with E-state index in [0.717, 1.165) is 5.69 Å². The van der Waals surface area contributed by atoms with E-state index in [1.165, 1.54) is 19.2 Å². The SMILES string of the molecule is COC(=O)C1CN(c2ccc(S(N)(=O)=O)cc2)CCO1. The van der Waals surface area contributed by atoms with Crippen molar-refractivity contribution in [1.29, 1.82) is 0 Å². The number of esters is 1. The van der Waals surface area contributed by atoms with E-state index in [4.69, 9.17) is 9.88 Å². The molecular formula is C12H16N2O5S. The van der Waals surface area contributed by atoms with E-state index in [1.54, 1.807) is 12.1 Å². The Morgan fingerprint density at radius 1 is 1.40 bits per heavy atom. The highest BCUT2D eigenvalue weighted by Gasteiger charge is 2.27. The molecule has 7 nitrogen and oxygen atoms in total. The minimum atomic E-state index is -3.70. The molecule has 8 heteroatoms. The number of rotatable bonds is 3. The first-order chi connectivity index (χ1) is 9.41. The molecule has 2 rings (SSSR count). The van der Waals surface area contributed by atoms with Crippen LogP contribution in [-0.2, 0) is 24.3 Å². The third kappa shape index (κ3) is 3.27. The number of benzene rings is 1. The van der Waals surface area contributed by atoms with E-state index in [9.17, 15) is 13.2 Å². The van der Waals surface area contributed by atoms with Gasteiger partial charge in [-0.05, 0) is 24.3 Å². The normalized spacial score (nSPS) is 19.7. The van der Waals surface area contributed by atoms with Gasteiger partial charge in [-0.15, -0.1) is 0 Å². The van der Waals surface area contributed by atoms with Crippen LogP contribution in [0.25, 0.3) is 0 Å². The standard InChI is InChI=1S/C12H16N2O5S/c1-18-12(15)11-8-14(6-7-19-11)9-2-4-10(5-3-9)20(13,16)17/h2-5,11H,6-8H2,1H3,(H2,13,16,17). The van der Waals surface area contributed by atoms with Crippen molar-refractivity contribution in [3.63, 3.8) is 0 Å². The fraction of sp³-hybridized carbons (Fsp3) is 0.417. The van der Waals surface area contributed by atoms with Gasteiger partial charge in [0.15, 0.2) is 6.10 Å². The van der Waals surface area contributed by atoms with Crippen LogP contribution in [0.2, 0.25) is 0 Å². The summed E-state index contributed by atoms with van der Waals surface area (Å²) in [4.78, 5) is 13.4. The Balaban J connectivity index is 2.13. The first-order valence-electron chi connectivity index (χ1n) is 5.99. The number of anilines is 1. The second-order valence-electron chi connectivity index (χ2n) is 4.37. The zero-order chi connectivity index (χ0) is 14.8. The van der Waals surface area contributed by atoms with Crippen molar-refractivity contribution < 1.29 is 22.7 Å². The second-order valence-corrected chi connectivity index (χ2v) is 5.93. The van der Waals surface area contributed by atoms with E-state index < -0.39 is 22.1 Å². The molecule has 1 aromatic rings. The lowest BCUT2D eigenvalue weighted by atomic mass is 10.2. The van der Waals surface area contributed by atoms with Gasteiger partial charge in [0.05, 0.1) is 25.2 Å². The summed E-state index contributed by atoms with van der Waals surface area (Å²) < 4.78 is 32.3. The molecule has 1 heterocycles. The number of hydrogen-bond acceptors (Lipinski definition) is 6. The third-order valence-corrected chi connectivity index (χ3v) is 3.99. The van der Waals surface area contributed by atoms with Gasteiger partial charge < -0.3 is 14.4 Å². The van der Waals surface area contributed by atoms with Crippen LogP contribution in [0.15, 0.2) is 29.2 Å². The zero-order valence-electron chi connectivity index (χ0n) is 11.0. The van der Waals surface area contributed by atoms with Crippen molar-refractivity contribution in [2.24, 2.45) is 5.14 Å². The molecule has 1 atom stereocenters. The predicted octanol–water partition coefficient (Wildman–Crippen LogP) is -0.288. The average molecular weight is 300 g/mol. The van der Waals surface area contributed by atoms with Crippen molar-refractivity contribution >= 4 is 21.7 Å². The van der Waals surface area contributed by atoms with Crippen LogP contribution in [-0.4, -0.2) is 47.3 Å². The van der Waals surface area contributed by atoms with Crippen LogP contribution in [0.5, 0.6) is 0 Å². The number of hydrogen-bond donors (Lipinski definition) is 1. The summed E-state index contributed by atoms with van der Waals surface area (Å²) in [5.74, 6) is -0.421. The second kappa shape index (κ2) is 5.78. The average Bonchev–Trinajstić information content (AvgIpc) is 2.46. The Morgan fingerprint density at radius 2 is 2.05 bits per heavy atom. The summed E-state index contributed by atoms with van der Waals surface area (Å²) in [7, 11) is -2.38. The monoisotopic (exact) mass is 300 g/mol. The van der Waals surface area contributed by atoms with Gasteiger partial charge in [0.2, 0.25) is 10.0 Å². The Labute approximate surface area is 117 Å². The fourth-order valence-electron chi connectivity index (χ4n) is 2.00. The largest absolute Gasteiger partial charge is 0.467 e. The molecule has 0 radical (unpaired) electrons. The number of carbonyl (C=O) groups is 1. The van der Waals surface area contributed by atoms with Gasteiger partial charge in [-0.25, -0.2) is 18.4 Å². The molecule has 1 aliphatic heterocycles. The molecule has 0 saturated carbocycles. The highest BCUT2D eigenvalue weighted by molar-refractivity contribution is 7.89. The van der Waals surface area contributed by atoms with Gasteiger partial charge in [-0.1, -0.05) is 0 Å². The third-order valence-electron chi connectivity index (χ3n) is 3.06. The maximum absolute atomic E-state index is 11.5. The van der Waals surface area contributed by atoms with Crippen molar-refractivity contribution in [3.8, 4) is 0 Å². The first kappa shape index (κ1) is 14.8. The molecule has 0 bridgehead atoms. The molecule has 1 fully saturated rings. The van der Waals surface area contributed by atoms with Gasteiger partial charge in [0.25, 0.3) is 0 Å². The van der Waals surface area contributed by atoms with Crippen LogP contribution >= 0.6 is 0 Å². The van der Waals surface area contributed by atoms with Crippen LogP contribution in [0, 0.1) is 0 Å². The number of ether oxygens (including phenoxy) is 2. The number of nitrogens with zero attached hydrogens (tertiary/aromatic N) is 1. The molecule has 1 aliphatic rings. The number of sulfonamides is 1. The van der Waals surface area contributed by atoms with Crippen molar-refractivity contribution in [2.45, 2.75) is 11.0 Å². The number of nitrogens with two attached hydrogens (primary N) is 1. The molecule has 20 heavy (non-hydrogen) atoms. The molecule has 0 spiro atoms. The maximum Gasteiger partial charge on any atom is 0.336 e. The fourth-order valence-corrected chi connectivity index (χ4v) is 2.52. The minimum absolute atomic E-state index is 0.0547. The summed E-state index contributed by atoms with van der Waals surface area (Å²) in [6.07, 6.45) is -0.633. The van der Waals surface area contributed by atoms with Gasteiger partial charge in [-0.3, -0.25) is 0 Å². The van der Waals surface area contributed by atoms with E-state index in [1.807, 2.05) is 4.90 Å². The summed E-state index contributed by atoms with van der Waals surface area (Å²) in [5, 5.41) is 5.04. The first-order valence-corrected chi connectivity index (χ1v) is 7.53. The van der Waals surface area contributed by atoms with Crippen LogP contribution in [0.1, 0.15) is 0 Å². The van der Waals surface area contributed by atoms with Crippen LogP contribution in [0.4, 0.5) is 5.69 Å². The highest BCUT2D eigenvalue weighted by Crippen LogP contribution is 2.20. The number of primary sulfonamides is 1. The van der Waals surface area contributed by atoms with Crippen molar-refractivity contribution in [1.82, 2.24) is 0 Å². The quantitative estimate of drug-likeness (QED) is 0.770. The van der Waals surface area contributed by atoms with Crippen molar-refractivity contribution in [3.05, 3.63) is 24.3 Å². The molecule has 0 amide bonds. The van der Waals surface area contributed by atoms with Gasteiger partial charge in [-0.2, -0.15) is 0 Å². The lowest BCUT2D eigenvalue weighted by Crippen LogP contribution is -2.46. The van der Waals surface area contributed by atoms with E-state index in [-0.39, 0.29) is 4.90 Å². The Kier molecular flexibility index (Phi) is 4.26. The molecule has 1 saturated heterocycles. The van der Waals surface area contributed by atoms with Crippen LogP contribution < -0.4 is 10.0 Å². The molecule has 110 valence electrons. The Morgan fingerprint density at radius 3 is 2.60 bits per heavy atom. The number of morpholine rings is 1. The smallest absolute Gasteiger partial charge is 0.336 e. The summed E-state index contributed by atoms with van der Waals surface area (Å²) >= 11 is 0. The van der Waals surface area contributed by atoms with Crippen LogP contribution in [0.3, 0.4) is 0 Å². The molecule has 1 unspecified atom stereocenters. The maximum atomic E-state index is 11.5. The van der Waals surface area contributed by atoms with Gasteiger partial charge in [0, 0.05) is 12.2 Å². The zero-order valence-corrected chi connectivity index (χ0v) is 11.8. The predicted molar refractivity (Wildman–Crippen MR) is 71.8 cm³/mol. The minimum Gasteiger partial charge on any atom is -0.467 e. The molecule has 1 aromatic carbocycles. The van der Waals surface area contributed by atoms with E-state index in [2.05, 4.69) is 4.74 Å². The summed E-state index contributed by atoms with van der Waals surface area (Å²) in [6, 6.07) is 6.18. The molecular weight excluding hydrogens is 284 g/mol. The number of carbonyl (C=O) groups excluding carboxylic acids is 1. The Bertz CT molecular complexity index is 584. The summed E-state index contributed by atoms with van der Waals surface area (Å²) in [5.41, 5.74) is 0.801. The van der Waals surface area contributed by atoms with E-state index >= 15 is 0 Å². The lowest BCUT2D eigenvalue weighted by Gasteiger charge is -2.33. The molecule has 2 N–H and O–H groups in total. The van der Waals surface area contributed by atoms with E-state index in [0.29, 0.717) is 19.7 Å². The highest BCUT2D eigenvalue weighted by atomic mass is 32.2. The summed E-state index contributed by atoms with van der Waals surface area (Å²) in [6.45, 7) is 1.38. The topological polar surface area (TPSA) is 98.9 Å². The molecule has 0 aromatic heterocycles. The van der Waals surface area contributed by atoms with Crippen molar-refractivity contribution in [2.75, 3.05) is 31.7 Å². The van der Waals surface area contributed by atoms with Gasteiger partial charge in [0.1, 0.15) is 0 Å². The number of methoxy groups -OCH3 is 1. The lowest BCUT2D eigenvalue weighted by molar-refractivity contribution is -0.154. The molecule has 0 aliphatic carbocycles.